The van der Waals surface area contributed by atoms with E-state index in [1.165, 1.54) is 0 Å². The Morgan fingerprint density at radius 1 is 1.05 bits per heavy atom. The molecule has 0 aliphatic rings. The average Bonchev–Trinajstić information content (AvgIpc) is 2.51. The fourth-order valence-electron chi connectivity index (χ4n) is 2.17. The van der Waals surface area contributed by atoms with Crippen molar-refractivity contribution in [2.24, 2.45) is 0 Å². The van der Waals surface area contributed by atoms with Crippen LogP contribution < -0.4 is 10.1 Å². The van der Waals surface area contributed by atoms with Crippen LogP contribution in [0.15, 0.2) is 67.8 Å². The zero-order valence-electron chi connectivity index (χ0n) is 12.4. The smallest absolute Gasteiger partial charge is 0.146 e. The largest absolute Gasteiger partial charge is 0.487 e. The second-order valence-electron chi connectivity index (χ2n) is 4.83. The topological polar surface area (TPSA) is 21.3 Å². The summed E-state index contributed by atoms with van der Waals surface area (Å²) in [6.07, 6.45) is 4.42. The molecule has 0 spiro atoms. The predicted octanol–water partition coefficient (Wildman–Crippen LogP) is 5.03. The van der Waals surface area contributed by atoms with Gasteiger partial charge in [-0.1, -0.05) is 49.1 Å². The fraction of sp³-hybridized carbons (Fsp3) is 0.158. The van der Waals surface area contributed by atoms with Crippen LogP contribution in [0.3, 0.4) is 0 Å². The van der Waals surface area contributed by atoms with Gasteiger partial charge in [-0.3, -0.25) is 0 Å². The SMILES string of the molecule is C=CCOc1c(CC=C)ccc(C)c1Nc1ccccc1. The van der Waals surface area contributed by atoms with E-state index in [-0.39, 0.29) is 0 Å². The fourth-order valence-corrected chi connectivity index (χ4v) is 2.17. The van der Waals surface area contributed by atoms with Crippen LogP contribution in [0.1, 0.15) is 11.1 Å². The second kappa shape index (κ2) is 7.34. The molecule has 0 atom stereocenters. The summed E-state index contributed by atoms with van der Waals surface area (Å²) in [6.45, 7) is 10.1. The van der Waals surface area contributed by atoms with Gasteiger partial charge in [0.1, 0.15) is 12.4 Å². The van der Waals surface area contributed by atoms with Crippen LogP contribution in [0.25, 0.3) is 0 Å². The Kier molecular flexibility index (Phi) is 5.22. The van der Waals surface area contributed by atoms with Crippen molar-refractivity contribution < 1.29 is 4.74 Å². The molecule has 108 valence electrons. The van der Waals surface area contributed by atoms with E-state index in [1.54, 1.807) is 6.08 Å². The molecule has 0 aliphatic carbocycles. The lowest BCUT2D eigenvalue weighted by Crippen LogP contribution is -2.03. The number of rotatable bonds is 7. The van der Waals surface area contributed by atoms with Gasteiger partial charge in [0.2, 0.25) is 0 Å². The number of ether oxygens (including phenoxy) is 1. The van der Waals surface area contributed by atoms with Crippen molar-refractivity contribution in [1.29, 1.82) is 0 Å². The molecule has 21 heavy (non-hydrogen) atoms. The molecule has 0 saturated heterocycles. The highest BCUT2D eigenvalue weighted by Crippen LogP contribution is 2.35. The molecule has 2 heteroatoms. The van der Waals surface area contributed by atoms with Crippen LogP contribution in [-0.2, 0) is 6.42 Å². The van der Waals surface area contributed by atoms with E-state index in [4.69, 9.17) is 4.74 Å². The molecule has 0 fully saturated rings. The van der Waals surface area contributed by atoms with Gasteiger partial charge >= 0.3 is 0 Å². The highest BCUT2D eigenvalue weighted by atomic mass is 16.5. The molecular weight excluding hydrogens is 258 g/mol. The molecule has 0 bridgehead atoms. The number of hydrogen-bond donors (Lipinski definition) is 1. The summed E-state index contributed by atoms with van der Waals surface area (Å²) in [7, 11) is 0. The maximum absolute atomic E-state index is 5.89. The normalized spacial score (nSPS) is 9.95. The minimum Gasteiger partial charge on any atom is -0.487 e. The number of benzene rings is 2. The van der Waals surface area contributed by atoms with E-state index in [9.17, 15) is 0 Å². The van der Waals surface area contributed by atoms with Crippen molar-refractivity contribution in [3.63, 3.8) is 0 Å². The van der Waals surface area contributed by atoms with Crippen molar-refractivity contribution >= 4 is 11.4 Å². The van der Waals surface area contributed by atoms with Gasteiger partial charge < -0.3 is 10.1 Å². The molecule has 0 unspecified atom stereocenters. The second-order valence-corrected chi connectivity index (χ2v) is 4.83. The Morgan fingerprint density at radius 3 is 2.48 bits per heavy atom. The molecular formula is C19H21NO. The molecule has 2 rings (SSSR count). The third kappa shape index (κ3) is 3.76. The average molecular weight is 279 g/mol. The zero-order chi connectivity index (χ0) is 15.1. The van der Waals surface area contributed by atoms with Gasteiger partial charge in [0.15, 0.2) is 0 Å². The maximum atomic E-state index is 5.89. The molecule has 2 nitrogen and oxygen atoms in total. The van der Waals surface area contributed by atoms with E-state index in [2.05, 4.69) is 37.5 Å². The van der Waals surface area contributed by atoms with Crippen LogP contribution in [0.2, 0.25) is 0 Å². The third-order valence-corrected chi connectivity index (χ3v) is 3.20. The minimum absolute atomic E-state index is 0.483. The number of para-hydroxylation sites is 1. The number of allylic oxidation sites excluding steroid dienone is 1. The van der Waals surface area contributed by atoms with E-state index in [1.807, 2.05) is 36.4 Å². The molecule has 0 amide bonds. The van der Waals surface area contributed by atoms with Crippen LogP contribution in [0.5, 0.6) is 5.75 Å². The van der Waals surface area contributed by atoms with Gasteiger partial charge in [-0.15, -0.1) is 6.58 Å². The summed E-state index contributed by atoms with van der Waals surface area (Å²) in [5.41, 5.74) is 4.31. The molecule has 0 aliphatic heterocycles. The first-order chi connectivity index (χ1) is 10.3. The number of aryl methyl sites for hydroxylation is 1. The lowest BCUT2D eigenvalue weighted by atomic mass is 10.0. The Bertz CT molecular complexity index is 617. The van der Waals surface area contributed by atoms with Crippen molar-refractivity contribution in [2.75, 3.05) is 11.9 Å². The van der Waals surface area contributed by atoms with Gasteiger partial charge in [-0.2, -0.15) is 0 Å². The first kappa shape index (κ1) is 14.9. The van der Waals surface area contributed by atoms with Crippen LogP contribution >= 0.6 is 0 Å². The summed E-state index contributed by atoms with van der Waals surface area (Å²) < 4.78 is 5.89. The summed E-state index contributed by atoms with van der Waals surface area (Å²) >= 11 is 0. The highest BCUT2D eigenvalue weighted by Gasteiger charge is 2.12. The van der Waals surface area contributed by atoms with E-state index in [0.29, 0.717) is 6.61 Å². The Hall–Kier alpha value is -2.48. The van der Waals surface area contributed by atoms with Gasteiger partial charge in [0.25, 0.3) is 0 Å². The van der Waals surface area contributed by atoms with E-state index in [0.717, 1.165) is 34.7 Å². The summed E-state index contributed by atoms with van der Waals surface area (Å²) in [6, 6.07) is 14.3. The van der Waals surface area contributed by atoms with Crippen LogP contribution in [-0.4, -0.2) is 6.61 Å². The quantitative estimate of drug-likeness (QED) is 0.717. The number of anilines is 2. The number of hydrogen-bond acceptors (Lipinski definition) is 2. The van der Waals surface area contributed by atoms with E-state index < -0.39 is 0 Å². The molecule has 0 saturated carbocycles. The van der Waals surface area contributed by atoms with Crippen molar-refractivity contribution in [3.8, 4) is 5.75 Å². The Morgan fingerprint density at radius 2 is 1.81 bits per heavy atom. The van der Waals surface area contributed by atoms with Crippen LogP contribution in [0.4, 0.5) is 11.4 Å². The third-order valence-electron chi connectivity index (χ3n) is 3.20. The summed E-state index contributed by atoms with van der Waals surface area (Å²) in [5.74, 6) is 0.874. The maximum Gasteiger partial charge on any atom is 0.146 e. The molecule has 2 aromatic carbocycles. The first-order valence-electron chi connectivity index (χ1n) is 7.05. The van der Waals surface area contributed by atoms with Gasteiger partial charge in [-0.25, -0.2) is 0 Å². The molecule has 1 N–H and O–H groups in total. The van der Waals surface area contributed by atoms with Gasteiger partial charge in [0.05, 0.1) is 5.69 Å². The highest BCUT2D eigenvalue weighted by molar-refractivity contribution is 5.72. The van der Waals surface area contributed by atoms with Crippen molar-refractivity contribution in [1.82, 2.24) is 0 Å². The molecule has 0 aromatic heterocycles. The molecule has 0 heterocycles. The lowest BCUT2D eigenvalue weighted by molar-refractivity contribution is 0.361. The number of nitrogens with one attached hydrogen (secondary N) is 1. The monoisotopic (exact) mass is 279 g/mol. The first-order valence-corrected chi connectivity index (χ1v) is 7.05. The summed E-state index contributed by atoms with van der Waals surface area (Å²) in [5, 5.41) is 3.45. The minimum atomic E-state index is 0.483. The lowest BCUT2D eigenvalue weighted by Gasteiger charge is -2.18. The zero-order valence-corrected chi connectivity index (χ0v) is 12.4. The summed E-state index contributed by atoms with van der Waals surface area (Å²) in [4.78, 5) is 0. The molecule has 2 aromatic rings. The van der Waals surface area contributed by atoms with Gasteiger partial charge in [0, 0.05) is 11.3 Å². The predicted molar refractivity (Wildman–Crippen MR) is 90.5 cm³/mol. The van der Waals surface area contributed by atoms with Crippen LogP contribution in [0, 0.1) is 6.92 Å². The van der Waals surface area contributed by atoms with Gasteiger partial charge in [-0.05, 0) is 31.0 Å². The van der Waals surface area contributed by atoms with E-state index >= 15 is 0 Å². The molecule has 0 radical (unpaired) electrons. The van der Waals surface area contributed by atoms with Crippen molar-refractivity contribution in [2.45, 2.75) is 13.3 Å². The Labute approximate surface area is 126 Å². The standard InChI is InChI=1S/C19H21NO/c1-4-9-16-13-12-15(3)18(19(16)21-14-5-2)20-17-10-7-6-8-11-17/h4-8,10-13,20H,1-2,9,14H2,3H3. The van der Waals surface area contributed by atoms with Crippen molar-refractivity contribution in [3.05, 3.63) is 78.9 Å². The Balaban J connectivity index is 2.42.